The summed E-state index contributed by atoms with van der Waals surface area (Å²) in [6, 6.07) is 10.1. The van der Waals surface area contributed by atoms with E-state index in [0.717, 1.165) is 51.3 Å². The van der Waals surface area contributed by atoms with Crippen LogP contribution >= 0.6 is 0 Å². The highest BCUT2D eigenvalue weighted by Gasteiger charge is 2.14. The van der Waals surface area contributed by atoms with Crippen LogP contribution in [0.1, 0.15) is 24.0 Å². The summed E-state index contributed by atoms with van der Waals surface area (Å²) >= 11 is 0. The molecular weight excluding hydrogens is 262 g/mol. The molecule has 114 valence electrons. The third-order valence-corrected chi connectivity index (χ3v) is 3.99. The maximum Gasteiger partial charge on any atom is 0.0991 e. The van der Waals surface area contributed by atoms with E-state index in [1.807, 2.05) is 12.1 Å². The molecule has 1 aliphatic rings. The second kappa shape index (κ2) is 8.78. The van der Waals surface area contributed by atoms with Gasteiger partial charge in [0.25, 0.3) is 0 Å². The van der Waals surface area contributed by atoms with Crippen LogP contribution in [0.25, 0.3) is 0 Å². The van der Waals surface area contributed by atoms with E-state index in [-0.39, 0.29) is 0 Å². The number of rotatable bonds is 6. The first-order valence-corrected chi connectivity index (χ1v) is 7.74. The van der Waals surface area contributed by atoms with Gasteiger partial charge in [0.1, 0.15) is 0 Å². The molecule has 2 rings (SSSR count). The number of benzene rings is 1. The highest BCUT2D eigenvalue weighted by Crippen LogP contribution is 2.10. The number of methoxy groups -OCH3 is 1. The van der Waals surface area contributed by atoms with Crippen molar-refractivity contribution >= 4 is 0 Å². The number of hydrogen-bond donors (Lipinski definition) is 0. The molecule has 21 heavy (non-hydrogen) atoms. The normalized spacial score (nSPS) is 17.3. The topological polar surface area (TPSA) is 39.5 Å². The molecule has 0 amide bonds. The summed E-state index contributed by atoms with van der Waals surface area (Å²) in [6.45, 7) is 7.57. The van der Waals surface area contributed by atoms with Gasteiger partial charge in [-0.25, -0.2) is 0 Å². The van der Waals surface area contributed by atoms with Crippen molar-refractivity contribution in [1.82, 2.24) is 9.80 Å². The Hall–Kier alpha value is -1.41. The average molecular weight is 287 g/mol. The van der Waals surface area contributed by atoms with Gasteiger partial charge < -0.3 is 9.64 Å². The Kier molecular flexibility index (Phi) is 6.68. The first kappa shape index (κ1) is 16.0. The van der Waals surface area contributed by atoms with Crippen molar-refractivity contribution in [1.29, 1.82) is 5.26 Å². The second-order valence-electron chi connectivity index (χ2n) is 5.63. The Morgan fingerprint density at radius 2 is 1.81 bits per heavy atom. The smallest absolute Gasteiger partial charge is 0.0991 e. The molecule has 0 bridgehead atoms. The van der Waals surface area contributed by atoms with E-state index >= 15 is 0 Å². The van der Waals surface area contributed by atoms with Gasteiger partial charge in [-0.1, -0.05) is 12.1 Å². The summed E-state index contributed by atoms with van der Waals surface area (Å²) in [5, 5.41) is 8.83. The van der Waals surface area contributed by atoms with Crippen LogP contribution in [-0.2, 0) is 11.3 Å². The molecule has 1 aromatic rings. The van der Waals surface area contributed by atoms with E-state index in [1.54, 1.807) is 7.11 Å². The summed E-state index contributed by atoms with van der Waals surface area (Å²) in [7, 11) is 1.77. The Balaban J connectivity index is 1.78. The van der Waals surface area contributed by atoms with Gasteiger partial charge in [0, 0.05) is 39.9 Å². The van der Waals surface area contributed by atoms with E-state index in [0.29, 0.717) is 0 Å². The molecule has 0 N–H and O–H groups in total. The third kappa shape index (κ3) is 5.47. The standard InChI is InChI=1S/C17H25N3O/c1-21-13-3-10-19-8-2-9-20(12-11-19)15-17-6-4-16(14-18)5-7-17/h4-7H,2-3,8-13,15H2,1H3. The van der Waals surface area contributed by atoms with Gasteiger partial charge in [-0.3, -0.25) is 4.90 Å². The number of nitriles is 1. The minimum absolute atomic E-state index is 0.735. The van der Waals surface area contributed by atoms with Crippen molar-refractivity contribution in [2.75, 3.05) is 46.4 Å². The van der Waals surface area contributed by atoms with Crippen LogP contribution in [0.5, 0.6) is 0 Å². The van der Waals surface area contributed by atoms with Gasteiger partial charge in [-0.15, -0.1) is 0 Å². The van der Waals surface area contributed by atoms with Crippen molar-refractivity contribution < 1.29 is 4.74 Å². The predicted molar refractivity (Wildman–Crippen MR) is 84.0 cm³/mol. The Labute approximate surface area is 127 Å². The zero-order valence-electron chi connectivity index (χ0n) is 12.9. The number of nitrogens with zero attached hydrogens (tertiary/aromatic N) is 3. The highest BCUT2D eigenvalue weighted by molar-refractivity contribution is 5.31. The van der Waals surface area contributed by atoms with E-state index in [4.69, 9.17) is 10.00 Å². The SMILES string of the molecule is COCCCN1CCCN(Cc2ccc(C#N)cc2)CC1. The fraction of sp³-hybridized carbons (Fsp3) is 0.588. The molecule has 0 aliphatic carbocycles. The Bertz CT molecular complexity index is 452. The van der Waals surface area contributed by atoms with Crippen molar-refractivity contribution in [2.45, 2.75) is 19.4 Å². The quantitative estimate of drug-likeness (QED) is 0.751. The monoisotopic (exact) mass is 287 g/mol. The highest BCUT2D eigenvalue weighted by atomic mass is 16.5. The lowest BCUT2D eigenvalue weighted by atomic mass is 10.1. The van der Waals surface area contributed by atoms with Crippen LogP contribution in [0, 0.1) is 11.3 Å². The summed E-state index contributed by atoms with van der Waals surface area (Å²) in [4.78, 5) is 5.05. The van der Waals surface area contributed by atoms with Crippen LogP contribution in [0.2, 0.25) is 0 Å². The molecule has 4 nitrogen and oxygen atoms in total. The molecule has 1 heterocycles. The summed E-state index contributed by atoms with van der Waals surface area (Å²) in [5.41, 5.74) is 2.03. The minimum atomic E-state index is 0.735. The first-order valence-electron chi connectivity index (χ1n) is 7.74. The summed E-state index contributed by atoms with van der Waals surface area (Å²) in [6.07, 6.45) is 2.34. The number of hydrogen-bond acceptors (Lipinski definition) is 4. The van der Waals surface area contributed by atoms with Gasteiger partial charge in [-0.2, -0.15) is 5.26 Å². The van der Waals surface area contributed by atoms with E-state index in [9.17, 15) is 0 Å². The van der Waals surface area contributed by atoms with Crippen LogP contribution in [0.3, 0.4) is 0 Å². The average Bonchev–Trinajstić information content (AvgIpc) is 2.74. The molecule has 1 aromatic carbocycles. The molecule has 0 atom stereocenters. The Morgan fingerprint density at radius 3 is 2.52 bits per heavy atom. The maximum atomic E-state index is 8.83. The molecule has 1 fully saturated rings. The van der Waals surface area contributed by atoms with Crippen molar-refractivity contribution in [3.63, 3.8) is 0 Å². The zero-order chi connectivity index (χ0) is 14.9. The van der Waals surface area contributed by atoms with Crippen LogP contribution in [0.15, 0.2) is 24.3 Å². The Morgan fingerprint density at radius 1 is 1.10 bits per heavy atom. The summed E-state index contributed by atoms with van der Waals surface area (Å²) < 4.78 is 5.12. The molecular formula is C17H25N3O. The molecule has 1 saturated heterocycles. The van der Waals surface area contributed by atoms with Gasteiger partial charge >= 0.3 is 0 Å². The first-order chi connectivity index (χ1) is 10.3. The fourth-order valence-corrected chi connectivity index (χ4v) is 2.78. The van der Waals surface area contributed by atoms with E-state index in [2.05, 4.69) is 28.0 Å². The zero-order valence-corrected chi connectivity index (χ0v) is 12.9. The lowest BCUT2D eigenvalue weighted by molar-refractivity contribution is 0.172. The summed E-state index contributed by atoms with van der Waals surface area (Å²) in [5.74, 6) is 0. The van der Waals surface area contributed by atoms with Crippen molar-refractivity contribution in [3.05, 3.63) is 35.4 Å². The maximum absolute atomic E-state index is 8.83. The lowest BCUT2D eigenvalue weighted by Crippen LogP contribution is -2.31. The van der Waals surface area contributed by atoms with Gasteiger partial charge in [0.05, 0.1) is 11.6 Å². The van der Waals surface area contributed by atoms with Gasteiger partial charge in [0.15, 0.2) is 0 Å². The molecule has 0 aromatic heterocycles. The molecule has 0 spiro atoms. The van der Waals surface area contributed by atoms with Gasteiger partial charge in [0.2, 0.25) is 0 Å². The van der Waals surface area contributed by atoms with E-state index in [1.165, 1.54) is 18.5 Å². The van der Waals surface area contributed by atoms with Gasteiger partial charge in [-0.05, 0) is 43.6 Å². The molecule has 0 radical (unpaired) electrons. The number of ether oxygens (including phenoxy) is 1. The van der Waals surface area contributed by atoms with Crippen LogP contribution in [0.4, 0.5) is 0 Å². The van der Waals surface area contributed by atoms with Crippen molar-refractivity contribution in [2.24, 2.45) is 0 Å². The fourth-order valence-electron chi connectivity index (χ4n) is 2.78. The molecule has 0 unspecified atom stereocenters. The largest absolute Gasteiger partial charge is 0.385 e. The molecule has 0 saturated carbocycles. The second-order valence-corrected chi connectivity index (χ2v) is 5.63. The van der Waals surface area contributed by atoms with Crippen LogP contribution in [-0.4, -0.2) is 56.2 Å². The molecule has 1 aliphatic heterocycles. The third-order valence-electron chi connectivity index (χ3n) is 3.99. The van der Waals surface area contributed by atoms with E-state index < -0.39 is 0 Å². The van der Waals surface area contributed by atoms with Crippen LogP contribution < -0.4 is 0 Å². The predicted octanol–water partition coefficient (Wildman–Crippen LogP) is 2.10. The van der Waals surface area contributed by atoms with Crippen molar-refractivity contribution in [3.8, 4) is 6.07 Å². The molecule has 4 heteroatoms. The lowest BCUT2D eigenvalue weighted by Gasteiger charge is -2.21. The minimum Gasteiger partial charge on any atom is -0.385 e.